The molecule has 6 aliphatic carbocycles. The van der Waals surface area contributed by atoms with Gasteiger partial charge >= 0.3 is 50.5 Å². The van der Waals surface area contributed by atoms with E-state index in [9.17, 15) is 5.11 Å². The van der Waals surface area contributed by atoms with Crippen LogP contribution in [0.1, 0.15) is 109 Å². The molecule has 0 spiro atoms. The van der Waals surface area contributed by atoms with E-state index in [2.05, 4.69) is 119 Å². The summed E-state index contributed by atoms with van der Waals surface area (Å²) in [6.07, 6.45) is 21.7. The van der Waals surface area contributed by atoms with Gasteiger partial charge < -0.3 is 14.6 Å². The summed E-state index contributed by atoms with van der Waals surface area (Å²) in [7, 11) is 0. The number of aryl methyl sites for hydroxylation is 1. The van der Waals surface area contributed by atoms with Crippen molar-refractivity contribution in [1.29, 1.82) is 0 Å². The van der Waals surface area contributed by atoms with Gasteiger partial charge in [0.15, 0.2) is 0 Å². The van der Waals surface area contributed by atoms with Crippen LogP contribution in [0.3, 0.4) is 0 Å². The minimum absolute atomic E-state index is 0. The third kappa shape index (κ3) is 15.8. The molecule has 2 heterocycles. The van der Waals surface area contributed by atoms with Crippen LogP contribution in [0.4, 0.5) is 0 Å². The van der Waals surface area contributed by atoms with E-state index >= 15 is 0 Å². The second kappa shape index (κ2) is 25.0. The Hall–Kier alpha value is 2.72. The van der Waals surface area contributed by atoms with Gasteiger partial charge in [-0.05, 0) is 128 Å². The van der Waals surface area contributed by atoms with E-state index in [4.69, 9.17) is 9.47 Å². The molecular formula is C36H52BrI6N2O3-. The first-order valence-electron chi connectivity index (χ1n) is 17.5. The van der Waals surface area contributed by atoms with Gasteiger partial charge in [0.25, 0.3) is 0 Å². The fraction of sp³-hybridized carbons (Fsp3) is 0.722. The van der Waals surface area contributed by atoms with Crippen LogP contribution in [0.25, 0.3) is 0 Å². The van der Waals surface area contributed by atoms with Crippen LogP contribution in [-0.2, 0) is 6.42 Å². The van der Waals surface area contributed by atoms with Gasteiger partial charge in [-0.3, -0.25) is 0 Å². The van der Waals surface area contributed by atoms with Gasteiger partial charge in [-0.1, -0.05) is 57.6 Å². The third-order valence-electron chi connectivity index (χ3n) is 11.0. The molecule has 6 fully saturated rings. The van der Waals surface area contributed by atoms with Crippen molar-refractivity contribution in [2.75, 3.05) is 0 Å². The largest absolute Gasteiger partial charge is 0.393 e. The van der Waals surface area contributed by atoms with E-state index in [1.807, 2.05) is 24.3 Å². The number of pyridine rings is 2. The molecule has 2 aromatic rings. The molecule has 6 aliphatic rings. The molecule has 0 amide bonds. The summed E-state index contributed by atoms with van der Waals surface area (Å²) in [5, 5.41) is 9.29. The average molecular weight is 1400 g/mol. The molecule has 1 N–H and O–H groups in total. The molecule has 12 heteroatoms. The van der Waals surface area contributed by atoms with Crippen molar-refractivity contribution < 1.29 is 27.8 Å². The number of halogens is 7. The quantitative estimate of drug-likeness (QED) is 0.239. The van der Waals surface area contributed by atoms with Gasteiger partial charge in [-0.2, -0.15) is 0 Å². The number of hydrogen-bond acceptors (Lipinski definition) is 5. The SMILES string of the molecule is Brc1cccc(OC2C[C@H]3CC[C@@H](C2)C3)n1.CCc1cccc(OC2C[C@H]3CC[C@@H](C2)C3)n1.I.II.I[I-]I.OC1C[C@H]2CC[C@@H](C1)C2. The van der Waals surface area contributed by atoms with Crippen molar-refractivity contribution in [2.45, 2.75) is 128 Å². The van der Waals surface area contributed by atoms with Crippen LogP contribution in [0.2, 0.25) is 0 Å². The number of fused-ring (bicyclic) bond motifs is 6. The smallest absolute Gasteiger partial charge is 0.0545 e. The molecular weight excluding hydrogens is 1350 g/mol. The van der Waals surface area contributed by atoms with E-state index in [0.717, 1.165) is 76.8 Å². The van der Waals surface area contributed by atoms with E-state index in [1.165, 1.54) is 83.5 Å². The number of rotatable bonds is 5. The zero-order valence-corrected chi connectivity index (χ0v) is 42.5. The number of ether oxygens (including phenoxy) is 2. The number of nitrogens with zero attached hydrogens (tertiary/aromatic N) is 2. The maximum absolute atomic E-state index is 9.29. The van der Waals surface area contributed by atoms with Gasteiger partial charge in [0.1, 0.15) is 16.8 Å². The Balaban J connectivity index is 0.000000187. The zero-order chi connectivity index (χ0) is 33.6. The van der Waals surface area contributed by atoms with Gasteiger partial charge in [0.2, 0.25) is 11.8 Å². The van der Waals surface area contributed by atoms with Crippen LogP contribution in [-0.4, -0.2) is 33.4 Å². The molecule has 0 aromatic carbocycles. The predicted octanol–water partition coefficient (Wildman–Crippen LogP) is 10.1. The second-order valence-electron chi connectivity index (χ2n) is 14.4. The summed E-state index contributed by atoms with van der Waals surface area (Å²) >= 11 is 12.9. The van der Waals surface area contributed by atoms with Gasteiger partial charge in [-0.15, -0.1) is 24.0 Å². The van der Waals surface area contributed by atoms with Gasteiger partial charge in [0.05, 0.1) is 6.10 Å². The maximum atomic E-state index is 9.29. The molecule has 0 saturated heterocycles. The van der Waals surface area contributed by atoms with Crippen LogP contribution < -0.4 is 22.7 Å². The minimum atomic E-state index is 0. The van der Waals surface area contributed by atoms with Crippen molar-refractivity contribution in [3.63, 3.8) is 0 Å². The molecule has 0 aliphatic heterocycles. The second-order valence-corrected chi connectivity index (χ2v) is 31.4. The Bertz CT molecular complexity index is 1150. The zero-order valence-electron chi connectivity index (χ0n) is 27.8. The van der Waals surface area contributed by atoms with Crippen LogP contribution in [0.15, 0.2) is 41.0 Å². The first-order valence-corrected chi connectivity index (χ1v) is 37.1. The molecule has 48 heavy (non-hydrogen) atoms. The third-order valence-corrected chi connectivity index (χ3v) is 11.4. The van der Waals surface area contributed by atoms with Gasteiger partial charge in [-0.25, -0.2) is 9.97 Å². The summed E-state index contributed by atoms with van der Waals surface area (Å²) in [5.41, 5.74) is 1.13. The molecule has 6 saturated carbocycles. The summed E-state index contributed by atoms with van der Waals surface area (Å²) in [6.45, 7) is 2.13. The minimum Gasteiger partial charge on any atom is -0.393 e. The number of aliphatic hydroxyl groups excluding tert-OH is 1. The fourth-order valence-electron chi connectivity index (χ4n) is 9.07. The Morgan fingerprint density at radius 2 is 1.04 bits per heavy atom. The first kappa shape index (κ1) is 45.1. The van der Waals surface area contributed by atoms with Crippen LogP contribution in [0, 0.1) is 35.5 Å². The Kier molecular flexibility index (Phi) is 23.5. The van der Waals surface area contributed by atoms with Crippen LogP contribution >= 0.6 is 114 Å². The van der Waals surface area contributed by atoms with E-state index < -0.39 is 0 Å². The average Bonchev–Trinajstić information content (AvgIpc) is 3.72. The van der Waals surface area contributed by atoms with Crippen molar-refractivity contribution in [3.8, 4) is 11.8 Å². The normalized spacial score (nSPS) is 31.9. The Morgan fingerprint density at radius 1 is 0.667 bits per heavy atom. The molecule has 3 unspecified atom stereocenters. The topological polar surface area (TPSA) is 64.5 Å². The van der Waals surface area contributed by atoms with Crippen molar-refractivity contribution in [1.82, 2.24) is 9.97 Å². The van der Waals surface area contributed by atoms with Crippen molar-refractivity contribution in [2.24, 2.45) is 35.5 Å². The molecule has 9 atom stereocenters. The van der Waals surface area contributed by atoms with Crippen molar-refractivity contribution in [3.05, 3.63) is 46.7 Å². The van der Waals surface area contributed by atoms with E-state index in [1.54, 1.807) is 0 Å². The number of aliphatic hydroxyl groups is 1. The van der Waals surface area contributed by atoms with Gasteiger partial charge in [0, 0.05) is 55.1 Å². The number of hydrogen-bond donors (Lipinski definition) is 1. The van der Waals surface area contributed by atoms with Crippen molar-refractivity contribution >= 4 is 114 Å². The first-order chi connectivity index (χ1) is 22.9. The Morgan fingerprint density at radius 3 is 1.44 bits per heavy atom. The fourth-order valence-corrected chi connectivity index (χ4v) is 9.40. The summed E-state index contributed by atoms with van der Waals surface area (Å²) in [5.74, 6) is 7.04. The van der Waals surface area contributed by atoms with E-state index in [-0.39, 0.29) is 30.1 Å². The number of aromatic nitrogens is 2. The molecule has 2 aromatic heterocycles. The van der Waals surface area contributed by atoms with E-state index in [0.29, 0.717) is 25.5 Å². The summed E-state index contributed by atoms with van der Waals surface area (Å²) in [6, 6.07) is 12.0. The molecule has 274 valence electrons. The summed E-state index contributed by atoms with van der Waals surface area (Å²) in [4.78, 5) is 8.87. The standard InChI is InChI=1S/C15H21NO.C13H16BrNO.C8H14O.I3.I2.HI/c1-2-13-4-3-5-15(16-13)17-14-9-11-6-7-12(8-11)10-14;14-12-2-1-3-13(15-12)16-11-7-9-4-5-10(6-9)8-11;9-8-4-6-1-2-7(3-6)5-8;1-3-2;1-2;/h3-5,11-12,14H,2,6-10H2,1H3;1-3,9-11H,4-8H2;6-9H,1-5H2;;;1H/q;;;-1;;/t11-,12+,14?;9-,10+,11?;6-,7+,8?;;;. The maximum Gasteiger partial charge on any atom is 0.0545 e. The summed E-state index contributed by atoms with van der Waals surface area (Å²) < 4.78 is 12.9. The molecule has 8 rings (SSSR count). The van der Waals surface area contributed by atoms with Crippen LogP contribution in [0.5, 0.6) is 11.8 Å². The Labute approximate surface area is 368 Å². The molecule has 6 bridgehead atoms. The monoisotopic (exact) mass is 1400 g/mol. The predicted molar refractivity (Wildman–Crippen MR) is 242 cm³/mol. The molecule has 0 radical (unpaired) electrons. The molecule has 5 nitrogen and oxygen atoms in total.